The van der Waals surface area contributed by atoms with Crippen molar-refractivity contribution >= 4 is 208 Å². The Hall–Kier alpha value is -11.8. The summed E-state index contributed by atoms with van der Waals surface area (Å²) in [4.78, 5) is 121. The number of fused-ring (bicyclic) bond motifs is 5. The zero-order valence-electron chi connectivity index (χ0n) is 57.9. The van der Waals surface area contributed by atoms with E-state index >= 15 is 0 Å². The van der Waals surface area contributed by atoms with Crippen molar-refractivity contribution in [1.29, 1.82) is 0 Å². The number of amides is 4. The first-order valence-corrected chi connectivity index (χ1v) is 38.9. The van der Waals surface area contributed by atoms with Gasteiger partial charge in [-0.25, -0.2) is 36.7 Å². The number of benzene rings is 10. The third-order valence-corrected chi connectivity index (χ3v) is 23.6. The molecule has 1 N–H and O–H groups in total. The van der Waals surface area contributed by atoms with Crippen LogP contribution < -0.4 is 43.3 Å². The zero-order valence-corrected chi connectivity index (χ0v) is 64.4. The number of hydrogen-bond donors (Lipinski definition) is 1. The van der Waals surface area contributed by atoms with Crippen LogP contribution in [0.25, 0.3) is 24.3 Å². The molecule has 4 amide bonds. The smallest absolute Gasteiger partial charge is 0.343 e. The van der Waals surface area contributed by atoms with E-state index in [0.717, 1.165) is 47.0 Å². The van der Waals surface area contributed by atoms with Crippen molar-refractivity contribution in [3.8, 4) is 28.7 Å². The summed E-state index contributed by atoms with van der Waals surface area (Å²) in [5.74, 6) is -11.7. The van der Waals surface area contributed by atoms with Crippen LogP contribution in [0.5, 0.6) is 28.7 Å². The molecule has 562 valence electrons. The van der Waals surface area contributed by atoms with E-state index in [-0.39, 0.29) is 111 Å². The topological polar surface area (TPSA) is 216 Å². The molecular weight excluding hydrogens is 1620 g/mol. The van der Waals surface area contributed by atoms with Crippen LogP contribution in [0.3, 0.4) is 0 Å². The fourth-order valence-corrected chi connectivity index (χ4v) is 18.5. The number of hydrogen-bond acceptors (Lipinski definition) is 22. The van der Waals surface area contributed by atoms with Crippen molar-refractivity contribution < 1.29 is 84.7 Å². The Kier molecular flexibility index (Phi) is 20.9. The van der Waals surface area contributed by atoms with Gasteiger partial charge in [0.15, 0.2) is 40.3 Å². The maximum absolute atomic E-state index is 15.0. The lowest BCUT2D eigenvalue weighted by Crippen LogP contribution is -2.44. The summed E-state index contributed by atoms with van der Waals surface area (Å²) in [6.07, 6.45) is 5.69. The maximum Gasteiger partial charge on any atom is 0.343 e. The summed E-state index contributed by atoms with van der Waals surface area (Å²) in [7, 11) is 0. The van der Waals surface area contributed by atoms with Gasteiger partial charge in [0.2, 0.25) is 5.75 Å². The molecule has 0 aromatic heterocycles. The van der Waals surface area contributed by atoms with Gasteiger partial charge < -0.3 is 28.8 Å². The number of thiocarbonyl (C=S) groups is 4. The molecule has 0 saturated carbocycles. The van der Waals surface area contributed by atoms with E-state index < -0.39 is 106 Å². The predicted molar refractivity (Wildman–Crippen MR) is 443 cm³/mol. The van der Waals surface area contributed by atoms with Gasteiger partial charge in [-0.3, -0.25) is 38.8 Å². The fraction of sp³-hybridized carbons (Fsp3) is 0.0476. The summed E-state index contributed by atoms with van der Waals surface area (Å²) >= 11 is 26.4. The van der Waals surface area contributed by atoms with E-state index in [2.05, 4.69) is 0 Å². The molecule has 2 atom stereocenters. The zero-order chi connectivity index (χ0) is 79.5. The molecule has 4 fully saturated rings. The standard InChI is InChI=1S/C84H46F4N4O14S8/c85-52-17-1-9-43(27-52)31-65-72(93)89(80(107)111-65)56-21-5-13-47(35-56)76(97)103-62-26-25-60-69-61-40-64(105-78(99)49-15-7-23-58(37-49)91-74(95)67(113-82(91)109)33-45-11-3-19-54(87)29-45)63(104-77(98)48-14-6-22-57(36-48)90-73(94)66(112-81(90)108)32-44-10-2-18-53(86)28-44)39-51(61)41-84(69,101)42-102-70(60)71(62)106-79(100)50-16-8-24-59(38-50)92-75(96)68(114-83(92)110)34-46-12-4-20-55(88)30-46/h1-40,69,101H,41-42H2/b65-31-,66-32-,67-33-,68-34-/t69-,84+/m0/s1. The summed E-state index contributed by atoms with van der Waals surface area (Å²) in [5, 5.41) is 13.0. The number of halogens is 4. The lowest BCUT2D eigenvalue weighted by Gasteiger charge is -2.37. The van der Waals surface area contributed by atoms with Crippen LogP contribution in [0.1, 0.15) is 86.3 Å². The highest BCUT2D eigenvalue weighted by molar-refractivity contribution is 8.28. The van der Waals surface area contributed by atoms with Crippen LogP contribution in [0.4, 0.5) is 40.3 Å². The monoisotopic (exact) mass is 1670 g/mol. The predicted octanol–water partition coefficient (Wildman–Crippen LogP) is 17.6. The first-order valence-electron chi connectivity index (χ1n) is 34.0. The summed E-state index contributed by atoms with van der Waals surface area (Å²) in [6, 6.07) is 50.8. The van der Waals surface area contributed by atoms with Crippen LogP contribution in [0, 0.1) is 23.3 Å². The van der Waals surface area contributed by atoms with Gasteiger partial charge >= 0.3 is 23.9 Å². The molecule has 0 spiro atoms. The minimum absolute atomic E-state index is 0.0840. The summed E-state index contributed by atoms with van der Waals surface area (Å²) in [6.45, 7) is -0.569. The van der Waals surface area contributed by atoms with Gasteiger partial charge in [-0.2, -0.15) is 0 Å². The van der Waals surface area contributed by atoms with E-state index in [1.165, 1.54) is 238 Å². The molecule has 114 heavy (non-hydrogen) atoms. The van der Waals surface area contributed by atoms with E-state index in [4.69, 9.17) is 72.6 Å². The van der Waals surface area contributed by atoms with Crippen LogP contribution in [0.15, 0.2) is 238 Å². The lowest BCUT2D eigenvalue weighted by atomic mass is 9.80. The maximum atomic E-state index is 15.0. The Labute approximate surface area is 682 Å². The van der Waals surface area contributed by atoms with Crippen molar-refractivity contribution in [2.75, 3.05) is 26.2 Å². The van der Waals surface area contributed by atoms with Gasteiger partial charge in [-0.15, -0.1) is 0 Å². The minimum atomic E-state index is -1.91. The van der Waals surface area contributed by atoms with Gasteiger partial charge in [0, 0.05) is 17.9 Å². The molecule has 1 aliphatic carbocycles. The number of ether oxygens (including phenoxy) is 5. The molecule has 5 aliphatic heterocycles. The van der Waals surface area contributed by atoms with Gasteiger partial charge in [0.05, 0.1) is 64.6 Å². The second-order valence-electron chi connectivity index (χ2n) is 25.9. The number of rotatable bonds is 16. The number of anilines is 4. The van der Waals surface area contributed by atoms with Gasteiger partial charge in [0.25, 0.3) is 23.6 Å². The Morgan fingerprint density at radius 2 is 0.711 bits per heavy atom. The molecule has 16 rings (SSSR count). The van der Waals surface area contributed by atoms with Crippen LogP contribution >= 0.6 is 95.9 Å². The van der Waals surface area contributed by atoms with E-state index in [1.807, 2.05) is 0 Å². The van der Waals surface area contributed by atoms with E-state index in [9.17, 15) is 61.0 Å². The molecule has 0 unspecified atom stereocenters. The molecule has 18 nitrogen and oxygen atoms in total. The third kappa shape index (κ3) is 15.2. The summed E-state index contributed by atoms with van der Waals surface area (Å²) < 4.78 is 88.7. The largest absolute Gasteiger partial charge is 0.486 e. The minimum Gasteiger partial charge on any atom is -0.486 e. The molecule has 30 heteroatoms. The van der Waals surface area contributed by atoms with Gasteiger partial charge in [-0.05, 0) is 197 Å². The molecule has 4 saturated heterocycles. The highest BCUT2D eigenvalue weighted by Gasteiger charge is 2.52. The van der Waals surface area contributed by atoms with Crippen molar-refractivity contribution in [3.05, 3.63) is 322 Å². The lowest BCUT2D eigenvalue weighted by molar-refractivity contribution is -0.114. The Balaban J connectivity index is 0.758. The molecule has 10 aromatic carbocycles. The van der Waals surface area contributed by atoms with E-state index in [0.29, 0.717) is 27.8 Å². The molecule has 5 heterocycles. The molecular formula is C84H46F4N4O14S8. The second-order valence-corrected chi connectivity index (χ2v) is 32.6. The SMILES string of the molecule is O=C(Oc1cc2c(cc1OC(=O)c1cccc(N3C(=O)/C(=C/c4cccc(F)c4)SC3=S)c1)[C@@H]1c3ccc(OC(=O)c4cccc(N5C(=O)/C(=C/c6cccc(F)c6)SC5=S)c4)c(OC(=O)c4cccc(N5C(=O)/C(=C/c6cccc(F)c6)SC5=S)c4)c3OC[C@]1(O)C2)c1cccc(N2C(=O)/C(=C/c3cccc(F)c3)SC2=S)c1. The normalized spacial score (nSPS) is 18.5. The van der Waals surface area contributed by atoms with Crippen molar-refractivity contribution in [3.63, 3.8) is 0 Å². The number of carbonyl (C=O) groups excluding carboxylic acids is 8. The highest BCUT2D eigenvalue weighted by Crippen LogP contribution is 2.57. The third-order valence-electron chi connectivity index (χ3n) is 18.4. The second kappa shape index (κ2) is 31.3. The Morgan fingerprint density at radius 3 is 1.05 bits per heavy atom. The van der Waals surface area contributed by atoms with E-state index in [1.54, 1.807) is 24.3 Å². The Morgan fingerprint density at radius 1 is 0.395 bits per heavy atom. The van der Waals surface area contributed by atoms with Crippen molar-refractivity contribution in [1.82, 2.24) is 0 Å². The molecule has 0 bridgehead atoms. The first kappa shape index (κ1) is 76.2. The number of carbonyl (C=O) groups is 8. The van der Waals surface area contributed by atoms with Crippen molar-refractivity contribution in [2.45, 2.75) is 17.9 Å². The number of thioether (sulfide) groups is 4. The molecule has 6 aliphatic rings. The molecule has 10 aromatic rings. The highest BCUT2D eigenvalue weighted by atomic mass is 32.2. The van der Waals surface area contributed by atoms with Crippen LogP contribution in [-0.4, -0.2) is 82.1 Å². The number of aliphatic hydroxyl groups is 1. The van der Waals surface area contributed by atoms with Gasteiger partial charge in [-0.1, -0.05) is 175 Å². The number of esters is 4. The average Bonchev–Trinajstić information content (AvgIpc) is 1.54. The molecule has 0 radical (unpaired) electrons. The van der Waals surface area contributed by atoms with Crippen LogP contribution in [-0.2, 0) is 25.6 Å². The Bertz CT molecular complexity index is 6130. The fourth-order valence-electron chi connectivity index (χ4n) is 13.3. The quantitative estimate of drug-likeness (QED) is 0.0313. The van der Waals surface area contributed by atoms with Crippen molar-refractivity contribution in [2.24, 2.45) is 0 Å². The average molecular weight is 1670 g/mol. The summed E-state index contributed by atoms with van der Waals surface area (Å²) in [5.41, 5.74) is 0.440. The number of nitrogens with zero attached hydrogens (tertiary/aromatic N) is 4. The first-order chi connectivity index (χ1) is 54.9. The van der Waals surface area contributed by atoms with Gasteiger partial charge in [0.1, 0.15) is 35.5 Å². The van der Waals surface area contributed by atoms with Crippen LogP contribution in [0.2, 0.25) is 0 Å².